The molecule has 4 aromatic heterocycles. The molecular weight excluding hydrogens is 390 g/mol. The number of aromatic amines is 2. The number of piperidine rings is 1. The van der Waals surface area contributed by atoms with Crippen LogP contribution in [0.15, 0.2) is 24.5 Å². The molecule has 0 aliphatic carbocycles. The number of nitrogens with zero attached hydrogens (tertiary/aromatic N) is 6. The molecule has 2 aliphatic heterocycles. The molecule has 9 nitrogen and oxygen atoms in total. The Balaban J connectivity index is 1.40. The molecule has 31 heavy (non-hydrogen) atoms. The van der Waals surface area contributed by atoms with Crippen LogP contribution in [0, 0.1) is 0 Å². The van der Waals surface area contributed by atoms with E-state index >= 15 is 0 Å². The highest BCUT2D eigenvalue weighted by molar-refractivity contribution is 5.94. The van der Waals surface area contributed by atoms with E-state index in [9.17, 15) is 0 Å². The average molecular weight is 418 g/mol. The summed E-state index contributed by atoms with van der Waals surface area (Å²) in [6, 6.07) is 4.23. The van der Waals surface area contributed by atoms with E-state index < -0.39 is 0 Å². The molecule has 9 heteroatoms. The number of pyridine rings is 2. The Morgan fingerprint density at radius 3 is 2.74 bits per heavy atom. The average Bonchev–Trinajstić information content (AvgIpc) is 3.43. The van der Waals surface area contributed by atoms with Gasteiger partial charge in [-0.25, -0.2) is 15.0 Å². The number of rotatable bonds is 3. The van der Waals surface area contributed by atoms with Crippen molar-refractivity contribution in [2.24, 2.45) is 0 Å². The fourth-order valence-electron chi connectivity index (χ4n) is 4.76. The van der Waals surface area contributed by atoms with Gasteiger partial charge < -0.3 is 20.1 Å². The third-order valence-electron chi connectivity index (χ3n) is 6.66. The number of hydrogen-bond donors (Lipinski definition) is 3. The van der Waals surface area contributed by atoms with E-state index in [1.54, 1.807) is 0 Å². The summed E-state index contributed by atoms with van der Waals surface area (Å²) >= 11 is 0. The van der Waals surface area contributed by atoms with E-state index in [0.29, 0.717) is 5.92 Å². The fourth-order valence-corrected chi connectivity index (χ4v) is 4.76. The Kier molecular flexibility index (Phi) is 4.57. The summed E-state index contributed by atoms with van der Waals surface area (Å²) in [7, 11) is 2.16. The summed E-state index contributed by atoms with van der Waals surface area (Å²) in [6.07, 6.45) is 6.14. The van der Waals surface area contributed by atoms with E-state index in [-0.39, 0.29) is 0 Å². The maximum atomic E-state index is 4.95. The Hall–Kier alpha value is -3.04. The van der Waals surface area contributed by atoms with Crippen LogP contribution in [0.3, 0.4) is 0 Å². The number of nitrogens with one attached hydrogen (secondary N) is 3. The van der Waals surface area contributed by atoms with E-state index in [1.165, 1.54) is 5.56 Å². The molecule has 2 saturated heterocycles. The number of likely N-dealkylation sites (N-methyl/N-ethyl adjacent to an activating group) is 1. The molecule has 3 N–H and O–H groups in total. The van der Waals surface area contributed by atoms with Crippen LogP contribution in [0.1, 0.15) is 24.3 Å². The first-order valence-electron chi connectivity index (χ1n) is 11.1. The standard InChI is InChI=1S/C22H27N9/c1-30-8-10-31(11-9-30)22-19-17(4-7-24-22)26-21(27-19)18-16-12-15(13-25-20(16)29-28-18)14-2-5-23-6-3-14/h4,7,12-14,23H,2-3,5-6,8-11H2,1H3,(H,26,27)(H,25,28,29). The van der Waals surface area contributed by atoms with E-state index in [4.69, 9.17) is 4.98 Å². The second-order valence-corrected chi connectivity index (χ2v) is 8.67. The highest BCUT2D eigenvalue weighted by Gasteiger charge is 2.22. The molecule has 0 aromatic carbocycles. The highest BCUT2D eigenvalue weighted by Crippen LogP contribution is 2.32. The lowest BCUT2D eigenvalue weighted by Gasteiger charge is -2.33. The van der Waals surface area contributed by atoms with Crippen molar-refractivity contribution in [2.75, 3.05) is 51.2 Å². The lowest BCUT2D eigenvalue weighted by molar-refractivity contribution is 0.312. The zero-order chi connectivity index (χ0) is 20.8. The van der Waals surface area contributed by atoms with Crippen molar-refractivity contribution in [3.05, 3.63) is 30.1 Å². The molecule has 160 valence electrons. The third kappa shape index (κ3) is 3.34. The predicted molar refractivity (Wildman–Crippen MR) is 121 cm³/mol. The van der Waals surface area contributed by atoms with Gasteiger partial charge in [-0.05, 0) is 56.6 Å². The van der Waals surface area contributed by atoms with E-state index in [1.807, 2.05) is 18.5 Å². The second kappa shape index (κ2) is 7.58. The van der Waals surface area contributed by atoms with Crippen LogP contribution < -0.4 is 10.2 Å². The summed E-state index contributed by atoms with van der Waals surface area (Å²) in [4.78, 5) is 22.4. The number of piperazine rings is 1. The minimum absolute atomic E-state index is 0.546. The van der Waals surface area contributed by atoms with E-state index in [0.717, 1.165) is 91.5 Å². The summed E-state index contributed by atoms with van der Waals surface area (Å²) in [5.74, 6) is 2.25. The van der Waals surface area contributed by atoms with Crippen molar-refractivity contribution in [1.29, 1.82) is 0 Å². The van der Waals surface area contributed by atoms with Crippen LogP contribution in [0.2, 0.25) is 0 Å². The Labute approximate surface area is 180 Å². The van der Waals surface area contributed by atoms with Gasteiger partial charge in [0.1, 0.15) is 11.2 Å². The van der Waals surface area contributed by atoms with Crippen molar-refractivity contribution in [2.45, 2.75) is 18.8 Å². The van der Waals surface area contributed by atoms with Crippen molar-refractivity contribution in [3.8, 4) is 11.5 Å². The van der Waals surface area contributed by atoms with E-state index in [2.05, 4.69) is 53.4 Å². The topological polar surface area (TPSA) is 102 Å². The summed E-state index contributed by atoms with van der Waals surface area (Å²) < 4.78 is 0. The van der Waals surface area contributed by atoms with Crippen LogP contribution in [0.5, 0.6) is 0 Å². The van der Waals surface area contributed by atoms with Crippen LogP contribution in [0.25, 0.3) is 33.6 Å². The first-order valence-corrected chi connectivity index (χ1v) is 11.1. The maximum absolute atomic E-state index is 4.95. The molecule has 2 aliphatic rings. The van der Waals surface area contributed by atoms with Crippen molar-refractivity contribution in [1.82, 2.24) is 40.3 Å². The SMILES string of the molecule is CN1CCN(c2nccc3[nH]c(-c4n[nH]c5ncc(C6CCNCC6)cc45)nc23)CC1. The molecular formula is C22H27N9. The summed E-state index contributed by atoms with van der Waals surface area (Å²) in [5, 5.41) is 12.1. The second-order valence-electron chi connectivity index (χ2n) is 8.67. The van der Waals surface area contributed by atoms with Crippen LogP contribution in [-0.4, -0.2) is 81.3 Å². The van der Waals surface area contributed by atoms with Crippen molar-refractivity contribution < 1.29 is 0 Å². The predicted octanol–water partition coefficient (Wildman–Crippen LogP) is 2.11. The number of aromatic nitrogens is 6. The highest BCUT2D eigenvalue weighted by atomic mass is 15.3. The molecule has 6 rings (SSSR count). The van der Waals surface area contributed by atoms with Gasteiger partial charge in [-0.1, -0.05) is 0 Å². The van der Waals surface area contributed by atoms with Gasteiger partial charge in [0.25, 0.3) is 0 Å². The first-order chi connectivity index (χ1) is 15.3. The molecule has 0 spiro atoms. The van der Waals surface area contributed by atoms with Gasteiger partial charge in [-0.3, -0.25) is 5.10 Å². The molecule has 0 radical (unpaired) electrons. The van der Waals surface area contributed by atoms with Gasteiger partial charge in [0.15, 0.2) is 17.3 Å². The molecule has 0 unspecified atom stereocenters. The largest absolute Gasteiger partial charge is 0.352 e. The quantitative estimate of drug-likeness (QED) is 0.469. The third-order valence-corrected chi connectivity index (χ3v) is 6.66. The molecule has 0 atom stereocenters. The zero-order valence-corrected chi connectivity index (χ0v) is 17.7. The monoisotopic (exact) mass is 417 g/mol. The molecule has 4 aromatic rings. The van der Waals surface area contributed by atoms with Crippen LogP contribution in [0.4, 0.5) is 5.82 Å². The van der Waals surface area contributed by atoms with Gasteiger partial charge in [0.05, 0.1) is 10.9 Å². The smallest absolute Gasteiger partial charge is 0.159 e. The van der Waals surface area contributed by atoms with Gasteiger partial charge in [-0.15, -0.1) is 0 Å². The van der Waals surface area contributed by atoms with Crippen molar-refractivity contribution in [3.63, 3.8) is 0 Å². The summed E-state index contributed by atoms with van der Waals surface area (Å²) in [6.45, 7) is 6.10. The lowest BCUT2D eigenvalue weighted by atomic mass is 9.91. The van der Waals surface area contributed by atoms with Crippen molar-refractivity contribution >= 4 is 27.9 Å². The summed E-state index contributed by atoms with van der Waals surface area (Å²) in [5.41, 5.74) is 4.79. The maximum Gasteiger partial charge on any atom is 0.159 e. The molecule has 0 saturated carbocycles. The van der Waals surface area contributed by atoms with Gasteiger partial charge in [0.2, 0.25) is 0 Å². The van der Waals surface area contributed by atoms with Gasteiger partial charge >= 0.3 is 0 Å². The Bertz CT molecular complexity index is 1210. The molecule has 2 fully saturated rings. The van der Waals surface area contributed by atoms with Gasteiger partial charge in [0, 0.05) is 38.6 Å². The number of hydrogen-bond acceptors (Lipinski definition) is 7. The minimum Gasteiger partial charge on any atom is -0.352 e. The number of fused-ring (bicyclic) bond motifs is 2. The molecule has 0 bridgehead atoms. The number of H-pyrrole nitrogens is 2. The van der Waals surface area contributed by atoms with Crippen LogP contribution in [-0.2, 0) is 0 Å². The van der Waals surface area contributed by atoms with Crippen LogP contribution >= 0.6 is 0 Å². The normalized spacial score (nSPS) is 18.9. The molecule has 6 heterocycles. The Morgan fingerprint density at radius 2 is 1.90 bits per heavy atom. The lowest BCUT2D eigenvalue weighted by Crippen LogP contribution is -2.44. The number of anilines is 1. The van der Waals surface area contributed by atoms with Gasteiger partial charge in [-0.2, -0.15) is 5.10 Å². The zero-order valence-electron chi connectivity index (χ0n) is 17.7. The molecule has 0 amide bonds. The number of imidazole rings is 1. The minimum atomic E-state index is 0.546. The fraction of sp³-hybridized carbons (Fsp3) is 0.455. The Morgan fingerprint density at radius 1 is 1.06 bits per heavy atom. The first kappa shape index (κ1) is 18.7.